The molecule has 0 radical (unpaired) electrons. The summed E-state index contributed by atoms with van der Waals surface area (Å²) in [6, 6.07) is 6.62. The van der Waals surface area contributed by atoms with Crippen LogP contribution in [0, 0.1) is 12.7 Å². The van der Waals surface area contributed by atoms with E-state index in [1.54, 1.807) is 6.07 Å². The van der Waals surface area contributed by atoms with Gasteiger partial charge in [0.15, 0.2) is 0 Å². The summed E-state index contributed by atoms with van der Waals surface area (Å²) < 4.78 is 13.4. The van der Waals surface area contributed by atoms with E-state index in [1.807, 2.05) is 13.0 Å². The molecule has 1 saturated heterocycles. The van der Waals surface area contributed by atoms with Gasteiger partial charge in [0, 0.05) is 23.3 Å². The molecule has 4 nitrogen and oxygen atoms in total. The van der Waals surface area contributed by atoms with Gasteiger partial charge in [0.25, 0.3) is 0 Å². The second-order valence-corrected chi connectivity index (χ2v) is 6.36. The molecule has 1 aliphatic heterocycles. The summed E-state index contributed by atoms with van der Waals surface area (Å²) >= 11 is 6.31. The zero-order valence-electron chi connectivity index (χ0n) is 13.1. The van der Waals surface area contributed by atoms with Crippen LogP contribution in [0.4, 0.5) is 16.2 Å². The summed E-state index contributed by atoms with van der Waals surface area (Å²) in [5.74, 6) is 0.761. The molecule has 1 unspecified atom stereocenters. The molecule has 2 heterocycles. The van der Waals surface area contributed by atoms with Crippen LogP contribution in [-0.4, -0.2) is 16.5 Å². The van der Waals surface area contributed by atoms with E-state index in [0.29, 0.717) is 5.02 Å². The van der Waals surface area contributed by atoms with Crippen molar-refractivity contribution >= 4 is 23.4 Å². The van der Waals surface area contributed by atoms with E-state index in [9.17, 15) is 4.39 Å². The largest absolute Gasteiger partial charge is 0.368 e. The average molecular weight is 335 g/mol. The number of nitrogens with zero attached hydrogens (tertiary/aromatic N) is 3. The Balaban J connectivity index is 2.03. The molecule has 1 fully saturated rings. The van der Waals surface area contributed by atoms with Crippen molar-refractivity contribution in [1.82, 2.24) is 9.97 Å². The van der Waals surface area contributed by atoms with E-state index in [2.05, 4.69) is 14.9 Å². The van der Waals surface area contributed by atoms with Gasteiger partial charge < -0.3 is 10.6 Å². The SMILES string of the molecule is Cc1cc(N2CCCCCC2c2ccc(F)cc2Cl)nc(N)n1. The molecule has 0 amide bonds. The highest BCUT2D eigenvalue weighted by Crippen LogP contribution is 2.37. The number of halogens is 2. The average Bonchev–Trinajstić information content (AvgIpc) is 2.72. The normalized spacial score (nSPS) is 18.7. The first-order valence-corrected chi connectivity index (χ1v) is 8.25. The number of nitrogens with two attached hydrogens (primary N) is 1. The Kier molecular flexibility index (Phi) is 4.66. The lowest BCUT2D eigenvalue weighted by atomic mass is 10.0. The summed E-state index contributed by atoms with van der Waals surface area (Å²) in [4.78, 5) is 10.8. The molecular weight excluding hydrogens is 315 g/mol. The number of benzene rings is 1. The smallest absolute Gasteiger partial charge is 0.222 e. The van der Waals surface area contributed by atoms with Gasteiger partial charge in [0.05, 0.1) is 6.04 Å². The van der Waals surface area contributed by atoms with Crippen molar-refractivity contribution in [2.45, 2.75) is 38.6 Å². The van der Waals surface area contributed by atoms with E-state index in [0.717, 1.165) is 49.3 Å². The van der Waals surface area contributed by atoms with Crippen molar-refractivity contribution in [3.8, 4) is 0 Å². The Bertz CT molecular complexity index is 687. The molecule has 0 aliphatic carbocycles. The highest BCUT2D eigenvalue weighted by Gasteiger charge is 2.26. The monoisotopic (exact) mass is 334 g/mol. The lowest BCUT2D eigenvalue weighted by molar-refractivity contribution is 0.590. The molecule has 1 aliphatic rings. The molecule has 1 aromatic carbocycles. The lowest BCUT2D eigenvalue weighted by Crippen LogP contribution is -2.30. The van der Waals surface area contributed by atoms with Crippen LogP contribution in [0.15, 0.2) is 24.3 Å². The van der Waals surface area contributed by atoms with Gasteiger partial charge in [0.2, 0.25) is 5.95 Å². The van der Waals surface area contributed by atoms with Gasteiger partial charge >= 0.3 is 0 Å². The fraction of sp³-hybridized carbons (Fsp3) is 0.412. The highest BCUT2D eigenvalue weighted by atomic mass is 35.5. The molecular formula is C17H20ClFN4. The predicted molar refractivity (Wildman–Crippen MR) is 91.1 cm³/mol. The van der Waals surface area contributed by atoms with Gasteiger partial charge in [-0.1, -0.05) is 30.5 Å². The van der Waals surface area contributed by atoms with E-state index in [1.165, 1.54) is 12.1 Å². The van der Waals surface area contributed by atoms with Gasteiger partial charge in [0.1, 0.15) is 11.6 Å². The summed E-state index contributed by atoms with van der Waals surface area (Å²) in [6.45, 7) is 2.77. The third kappa shape index (κ3) is 3.55. The van der Waals surface area contributed by atoms with E-state index >= 15 is 0 Å². The number of anilines is 2. The van der Waals surface area contributed by atoms with Crippen molar-refractivity contribution in [3.63, 3.8) is 0 Å². The number of hydrogen-bond acceptors (Lipinski definition) is 4. The molecule has 2 aromatic rings. The molecule has 1 atom stereocenters. The van der Waals surface area contributed by atoms with Crippen molar-refractivity contribution in [3.05, 3.63) is 46.4 Å². The van der Waals surface area contributed by atoms with Gasteiger partial charge in [-0.15, -0.1) is 0 Å². The van der Waals surface area contributed by atoms with Crippen LogP contribution in [0.25, 0.3) is 0 Å². The predicted octanol–water partition coefficient (Wildman–Crippen LogP) is 4.28. The molecule has 1 aromatic heterocycles. The summed E-state index contributed by atoms with van der Waals surface area (Å²) in [7, 11) is 0. The van der Waals surface area contributed by atoms with Gasteiger partial charge in [-0.05, 0) is 37.5 Å². The second kappa shape index (κ2) is 6.71. The Hall–Kier alpha value is -1.88. The number of aryl methyl sites for hydroxylation is 1. The van der Waals surface area contributed by atoms with E-state index in [4.69, 9.17) is 17.3 Å². The molecule has 122 valence electrons. The fourth-order valence-electron chi connectivity index (χ4n) is 3.20. The maximum atomic E-state index is 13.4. The van der Waals surface area contributed by atoms with Crippen LogP contribution in [0.5, 0.6) is 0 Å². The zero-order chi connectivity index (χ0) is 16.4. The maximum Gasteiger partial charge on any atom is 0.222 e. The quantitative estimate of drug-likeness (QED) is 0.890. The van der Waals surface area contributed by atoms with Crippen LogP contribution < -0.4 is 10.6 Å². The molecule has 2 N–H and O–H groups in total. The first kappa shape index (κ1) is 16.0. The van der Waals surface area contributed by atoms with Crippen molar-refractivity contribution < 1.29 is 4.39 Å². The van der Waals surface area contributed by atoms with Crippen molar-refractivity contribution in [1.29, 1.82) is 0 Å². The minimum Gasteiger partial charge on any atom is -0.368 e. The number of nitrogen functional groups attached to an aromatic ring is 1. The summed E-state index contributed by atoms with van der Waals surface area (Å²) in [5.41, 5.74) is 7.58. The third-order valence-corrected chi connectivity index (χ3v) is 4.55. The second-order valence-electron chi connectivity index (χ2n) is 5.95. The highest BCUT2D eigenvalue weighted by molar-refractivity contribution is 6.31. The molecule has 0 spiro atoms. The number of hydrogen-bond donors (Lipinski definition) is 1. The van der Waals surface area contributed by atoms with Gasteiger partial charge in [-0.2, -0.15) is 4.98 Å². The topological polar surface area (TPSA) is 55.0 Å². The standard InChI is InChI=1S/C17H20ClFN4/c1-11-9-16(22-17(20)21-11)23-8-4-2-3-5-15(23)13-7-6-12(19)10-14(13)18/h6-7,9-10,15H,2-5,8H2,1H3,(H2,20,21,22). The lowest BCUT2D eigenvalue weighted by Gasteiger charge is -2.32. The van der Waals surface area contributed by atoms with E-state index in [-0.39, 0.29) is 17.8 Å². The maximum absolute atomic E-state index is 13.4. The number of rotatable bonds is 2. The zero-order valence-corrected chi connectivity index (χ0v) is 13.9. The van der Waals surface area contributed by atoms with Crippen LogP contribution in [0.2, 0.25) is 5.02 Å². The Morgan fingerprint density at radius 1 is 1.22 bits per heavy atom. The first-order chi connectivity index (χ1) is 11.0. The minimum atomic E-state index is -0.318. The fourth-order valence-corrected chi connectivity index (χ4v) is 3.49. The third-order valence-electron chi connectivity index (χ3n) is 4.23. The van der Waals surface area contributed by atoms with Crippen LogP contribution in [0.1, 0.15) is 43.0 Å². The Morgan fingerprint density at radius 3 is 2.78 bits per heavy atom. The van der Waals surface area contributed by atoms with Gasteiger partial charge in [-0.25, -0.2) is 9.37 Å². The Morgan fingerprint density at radius 2 is 2.04 bits per heavy atom. The van der Waals surface area contributed by atoms with Gasteiger partial charge in [-0.3, -0.25) is 0 Å². The number of aromatic nitrogens is 2. The Labute approximate surface area is 140 Å². The molecule has 6 heteroatoms. The van der Waals surface area contributed by atoms with Crippen LogP contribution in [-0.2, 0) is 0 Å². The first-order valence-electron chi connectivity index (χ1n) is 7.87. The van der Waals surface area contributed by atoms with Crippen LogP contribution in [0.3, 0.4) is 0 Å². The molecule has 0 saturated carbocycles. The molecule has 23 heavy (non-hydrogen) atoms. The molecule has 0 bridgehead atoms. The van der Waals surface area contributed by atoms with E-state index < -0.39 is 0 Å². The minimum absolute atomic E-state index is 0.0688. The molecule has 3 rings (SSSR count). The van der Waals surface area contributed by atoms with Crippen molar-refractivity contribution in [2.24, 2.45) is 0 Å². The summed E-state index contributed by atoms with van der Waals surface area (Å²) in [6.07, 6.45) is 4.30. The summed E-state index contributed by atoms with van der Waals surface area (Å²) in [5, 5.41) is 0.459. The van der Waals surface area contributed by atoms with Crippen molar-refractivity contribution in [2.75, 3.05) is 17.2 Å². The van der Waals surface area contributed by atoms with Crippen LogP contribution >= 0.6 is 11.6 Å².